The lowest BCUT2D eigenvalue weighted by Crippen LogP contribution is -2.11. The fourth-order valence-electron chi connectivity index (χ4n) is 3.33. The summed E-state index contributed by atoms with van der Waals surface area (Å²) in [7, 11) is 0. The highest BCUT2D eigenvalue weighted by molar-refractivity contribution is 6.31. The van der Waals surface area contributed by atoms with Crippen molar-refractivity contribution >= 4 is 34.3 Å². The zero-order chi connectivity index (χ0) is 22.2. The molecule has 7 heteroatoms. The van der Waals surface area contributed by atoms with E-state index in [1.165, 1.54) is 12.1 Å². The van der Waals surface area contributed by atoms with Crippen molar-refractivity contribution in [2.45, 2.75) is 6.92 Å². The molecule has 5 aromatic rings. The number of amides is 1. The Bertz CT molecular complexity index is 1450. The molecule has 0 aliphatic carbocycles. The van der Waals surface area contributed by atoms with E-state index in [0.717, 1.165) is 5.56 Å². The molecule has 0 saturated carbocycles. The SMILES string of the molecule is Cc1ccc(-c2nc3cc(Cl)ccc3o2)cc1NC(=O)c1ccc(-c2ccc(F)cc2)o1. The first-order valence-electron chi connectivity index (χ1n) is 9.80. The first-order valence-corrected chi connectivity index (χ1v) is 10.2. The molecule has 0 saturated heterocycles. The molecule has 0 fully saturated rings. The Morgan fingerprint density at radius 1 is 0.938 bits per heavy atom. The number of oxazole rings is 1. The summed E-state index contributed by atoms with van der Waals surface area (Å²) in [4.78, 5) is 17.3. The van der Waals surface area contributed by atoms with Crippen molar-refractivity contribution in [1.29, 1.82) is 0 Å². The maximum Gasteiger partial charge on any atom is 0.291 e. The molecule has 5 nitrogen and oxygen atoms in total. The zero-order valence-corrected chi connectivity index (χ0v) is 17.6. The lowest BCUT2D eigenvalue weighted by atomic mass is 10.1. The zero-order valence-electron chi connectivity index (χ0n) is 16.9. The van der Waals surface area contributed by atoms with Crippen LogP contribution < -0.4 is 5.32 Å². The number of furan rings is 1. The number of carbonyl (C=O) groups is 1. The van der Waals surface area contributed by atoms with Crippen LogP contribution in [0.1, 0.15) is 16.1 Å². The lowest BCUT2D eigenvalue weighted by molar-refractivity contribution is 0.0997. The Labute approximate surface area is 187 Å². The summed E-state index contributed by atoms with van der Waals surface area (Å²) >= 11 is 6.03. The van der Waals surface area contributed by atoms with Crippen LogP contribution >= 0.6 is 11.6 Å². The Morgan fingerprint density at radius 2 is 1.72 bits per heavy atom. The van der Waals surface area contributed by atoms with Crippen LogP contribution in [-0.4, -0.2) is 10.9 Å². The van der Waals surface area contributed by atoms with Crippen LogP contribution in [0.15, 0.2) is 81.6 Å². The fourth-order valence-corrected chi connectivity index (χ4v) is 3.49. The molecule has 5 rings (SSSR count). The minimum atomic E-state index is -0.400. The van der Waals surface area contributed by atoms with Gasteiger partial charge in [0, 0.05) is 21.8 Å². The molecular formula is C25H16ClFN2O3. The molecule has 1 amide bonds. The summed E-state index contributed by atoms with van der Waals surface area (Å²) in [5.41, 5.74) is 4.14. The number of anilines is 1. The minimum absolute atomic E-state index is 0.144. The number of rotatable bonds is 4. The van der Waals surface area contributed by atoms with Gasteiger partial charge in [0.1, 0.15) is 17.1 Å². The van der Waals surface area contributed by atoms with Crippen molar-refractivity contribution in [1.82, 2.24) is 4.98 Å². The van der Waals surface area contributed by atoms with E-state index < -0.39 is 5.91 Å². The van der Waals surface area contributed by atoms with Gasteiger partial charge >= 0.3 is 0 Å². The third-order valence-corrected chi connectivity index (χ3v) is 5.28. The maximum atomic E-state index is 13.1. The molecule has 0 unspecified atom stereocenters. The molecule has 3 aromatic carbocycles. The second-order valence-electron chi connectivity index (χ2n) is 7.29. The highest BCUT2D eigenvalue weighted by atomic mass is 35.5. The summed E-state index contributed by atoms with van der Waals surface area (Å²) in [6.07, 6.45) is 0. The van der Waals surface area contributed by atoms with Crippen molar-refractivity contribution in [2.24, 2.45) is 0 Å². The number of benzene rings is 3. The molecule has 0 atom stereocenters. The van der Waals surface area contributed by atoms with Crippen LogP contribution in [-0.2, 0) is 0 Å². The molecule has 2 aromatic heterocycles. The van der Waals surface area contributed by atoms with Crippen LogP contribution in [0.3, 0.4) is 0 Å². The van der Waals surface area contributed by atoms with Gasteiger partial charge in [0.15, 0.2) is 11.3 Å². The fraction of sp³-hybridized carbons (Fsp3) is 0.0400. The van der Waals surface area contributed by atoms with E-state index >= 15 is 0 Å². The van der Waals surface area contributed by atoms with E-state index in [1.807, 2.05) is 19.1 Å². The van der Waals surface area contributed by atoms with Crippen molar-refractivity contribution in [2.75, 3.05) is 5.32 Å². The molecule has 32 heavy (non-hydrogen) atoms. The van der Waals surface area contributed by atoms with Crippen molar-refractivity contribution < 1.29 is 18.0 Å². The van der Waals surface area contributed by atoms with E-state index in [2.05, 4.69) is 10.3 Å². The molecule has 158 valence electrons. The average Bonchev–Trinajstić information content (AvgIpc) is 3.43. The number of halogens is 2. The minimum Gasteiger partial charge on any atom is -0.451 e. The molecule has 0 aliphatic heterocycles. The summed E-state index contributed by atoms with van der Waals surface area (Å²) < 4.78 is 24.6. The lowest BCUT2D eigenvalue weighted by Gasteiger charge is -2.08. The van der Waals surface area contributed by atoms with Gasteiger partial charge in [0.2, 0.25) is 5.89 Å². The Morgan fingerprint density at radius 3 is 2.53 bits per heavy atom. The highest BCUT2D eigenvalue weighted by Gasteiger charge is 2.16. The van der Waals surface area contributed by atoms with Gasteiger partial charge < -0.3 is 14.2 Å². The van der Waals surface area contributed by atoms with Crippen LogP contribution in [0.2, 0.25) is 5.02 Å². The van der Waals surface area contributed by atoms with Gasteiger partial charge in [-0.05, 0) is 79.2 Å². The highest BCUT2D eigenvalue weighted by Crippen LogP contribution is 2.30. The standard InChI is InChI=1S/C25H16ClFN2O3/c1-14-2-3-16(25-29-20-13-17(26)6-9-22(20)32-25)12-19(14)28-24(30)23-11-10-21(31-23)15-4-7-18(27)8-5-15/h2-13H,1H3,(H,28,30). The van der Waals surface area contributed by atoms with Crippen molar-refractivity contribution in [3.8, 4) is 22.8 Å². The predicted octanol–water partition coefficient (Wildman–Crippen LogP) is 7.11. The van der Waals surface area contributed by atoms with Crippen LogP contribution in [0.25, 0.3) is 33.9 Å². The smallest absolute Gasteiger partial charge is 0.291 e. The summed E-state index contributed by atoms with van der Waals surface area (Å²) in [5.74, 6) is 0.310. The predicted molar refractivity (Wildman–Crippen MR) is 121 cm³/mol. The van der Waals surface area contributed by atoms with Crippen molar-refractivity contribution in [3.63, 3.8) is 0 Å². The molecule has 1 N–H and O–H groups in total. The first kappa shape index (κ1) is 20.0. The van der Waals surface area contributed by atoms with Crippen LogP contribution in [0.5, 0.6) is 0 Å². The van der Waals surface area contributed by atoms with Crippen molar-refractivity contribution in [3.05, 3.63) is 95.0 Å². The topological polar surface area (TPSA) is 68.3 Å². The number of carbonyl (C=O) groups excluding carboxylic acids is 1. The Kier molecular flexibility index (Phi) is 4.99. The molecule has 0 bridgehead atoms. The number of aromatic nitrogens is 1. The summed E-state index contributed by atoms with van der Waals surface area (Å²) in [6.45, 7) is 1.89. The summed E-state index contributed by atoms with van der Waals surface area (Å²) in [6, 6.07) is 19.9. The van der Waals surface area contributed by atoms with Crippen LogP contribution in [0, 0.1) is 12.7 Å². The monoisotopic (exact) mass is 446 g/mol. The molecule has 0 radical (unpaired) electrons. The Hall–Kier alpha value is -3.90. The number of hydrogen-bond acceptors (Lipinski definition) is 4. The Balaban J connectivity index is 1.40. The maximum absolute atomic E-state index is 13.1. The molecule has 2 heterocycles. The van der Waals surface area contributed by atoms with E-state index in [0.29, 0.717) is 44.6 Å². The molecular weight excluding hydrogens is 431 g/mol. The second-order valence-corrected chi connectivity index (χ2v) is 7.72. The largest absolute Gasteiger partial charge is 0.451 e. The second kappa shape index (κ2) is 7.98. The van der Waals surface area contributed by atoms with Gasteiger partial charge in [-0.25, -0.2) is 9.37 Å². The number of fused-ring (bicyclic) bond motifs is 1. The van der Waals surface area contributed by atoms with E-state index in [1.54, 1.807) is 48.5 Å². The van der Waals surface area contributed by atoms with Crippen LogP contribution in [0.4, 0.5) is 10.1 Å². The normalized spacial score (nSPS) is 11.1. The summed E-state index contributed by atoms with van der Waals surface area (Å²) in [5, 5.41) is 3.45. The first-order chi connectivity index (χ1) is 15.5. The van der Waals surface area contributed by atoms with Gasteiger partial charge in [-0.1, -0.05) is 17.7 Å². The van der Waals surface area contributed by atoms with E-state index in [-0.39, 0.29) is 11.6 Å². The number of hydrogen-bond donors (Lipinski definition) is 1. The molecule has 0 spiro atoms. The van der Waals surface area contributed by atoms with E-state index in [4.69, 9.17) is 20.4 Å². The number of aryl methyl sites for hydroxylation is 1. The quantitative estimate of drug-likeness (QED) is 0.319. The van der Waals surface area contributed by atoms with Gasteiger partial charge in [-0.2, -0.15) is 0 Å². The van der Waals surface area contributed by atoms with Gasteiger partial charge in [-0.3, -0.25) is 4.79 Å². The van der Waals surface area contributed by atoms with Gasteiger partial charge in [0.05, 0.1) is 0 Å². The average molecular weight is 447 g/mol. The molecule has 0 aliphatic rings. The van der Waals surface area contributed by atoms with Gasteiger partial charge in [-0.15, -0.1) is 0 Å². The third-order valence-electron chi connectivity index (χ3n) is 5.04. The third kappa shape index (κ3) is 3.88. The number of nitrogens with zero attached hydrogens (tertiary/aromatic N) is 1. The van der Waals surface area contributed by atoms with E-state index in [9.17, 15) is 9.18 Å². The number of nitrogens with one attached hydrogen (secondary N) is 1. The van der Waals surface area contributed by atoms with Gasteiger partial charge in [0.25, 0.3) is 5.91 Å².